The van der Waals surface area contributed by atoms with E-state index >= 15 is 0 Å². The second-order valence-corrected chi connectivity index (χ2v) is 4.40. The molecular weight excluding hydrogens is 241 g/mol. The van der Waals surface area contributed by atoms with Crippen LogP contribution in [0.4, 0.5) is 4.39 Å². The maximum atomic E-state index is 12.4. The quantitative estimate of drug-likeness (QED) is 0.859. The van der Waals surface area contributed by atoms with E-state index in [0.29, 0.717) is 13.0 Å². The molecule has 2 nitrogen and oxygen atoms in total. The lowest BCUT2D eigenvalue weighted by Crippen LogP contribution is -2.12. The third-order valence-electron chi connectivity index (χ3n) is 2.98. The molecule has 0 aliphatic rings. The second kappa shape index (κ2) is 6.90. The fourth-order valence-electron chi connectivity index (χ4n) is 1.93. The molecule has 0 heterocycles. The van der Waals surface area contributed by atoms with Crippen molar-refractivity contribution in [2.45, 2.75) is 19.1 Å². The third-order valence-corrected chi connectivity index (χ3v) is 2.98. The zero-order valence-corrected chi connectivity index (χ0v) is 10.8. The minimum Gasteiger partial charge on any atom is -0.489 e. The molecule has 2 aromatic rings. The summed E-state index contributed by atoms with van der Waals surface area (Å²) >= 11 is 0. The van der Waals surface area contributed by atoms with E-state index in [1.165, 1.54) is 0 Å². The van der Waals surface area contributed by atoms with Crippen LogP contribution in [0, 0.1) is 0 Å². The van der Waals surface area contributed by atoms with Crippen molar-refractivity contribution in [2.24, 2.45) is 5.73 Å². The van der Waals surface area contributed by atoms with Gasteiger partial charge in [0.05, 0.1) is 6.67 Å². The molecule has 0 saturated carbocycles. The molecule has 0 spiro atoms. The van der Waals surface area contributed by atoms with Crippen molar-refractivity contribution in [1.29, 1.82) is 0 Å². The molecule has 100 valence electrons. The van der Waals surface area contributed by atoms with Crippen molar-refractivity contribution < 1.29 is 9.13 Å². The molecular formula is C16H18FNO. The number of rotatable bonds is 6. The van der Waals surface area contributed by atoms with Crippen LogP contribution in [0.15, 0.2) is 54.6 Å². The minimum atomic E-state index is -0.422. The maximum Gasteiger partial charge on any atom is 0.124 e. The monoisotopic (exact) mass is 259 g/mol. The Balaban J connectivity index is 2.07. The number of hydrogen-bond acceptors (Lipinski definition) is 2. The standard InChI is InChI=1S/C16H18FNO/c17-11-10-15(18)14-8-4-5-9-16(14)19-12-13-6-2-1-3-7-13/h1-9,15H,10-12,18H2/t15-/m1/s1. The van der Waals surface area contributed by atoms with Gasteiger partial charge in [0.2, 0.25) is 0 Å². The van der Waals surface area contributed by atoms with Crippen molar-refractivity contribution in [3.05, 3.63) is 65.7 Å². The van der Waals surface area contributed by atoms with E-state index in [2.05, 4.69) is 0 Å². The Morgan fingerprint density at radius 1 is 1.00 bits per heavy atom. The summed E-state index contributed by atoms with van der Waals surface area (Å²) in [4.78, 5) is 0. The fourth-order valence-corrected chi connectivity index (χ4v) is 1.93. The van der Waals surface area contributed by atoms with Gasteiger partial charge in [-0.1, -0.05) is 48.5 Å². The molecule has 3 heteroatoms. The van der Waals surface area contributed by atoms with Gasteiger partial charge in [0.15, 0.2) is 0 Å². The second-order valence-electron chi connectivity index (χ2n) is 4.40. The fraction of sp³-hybridized carbons (Fsp3) is 0.250. The summed E-state index contributed by atoms with van der Waals surface area (Å²) in [6, 6.07) is 17.1. The van der Waals surface area contributed by atoms with Crippen molar-refractivity contribution >= 4 is 0 Å². The van der Waals surface area contributed by atoms with Crippen LogP contribution in [0.5, 0.6) is 5.75 Å². The first kappa shape index (κ1) is 13.6. The number of alkyl halides is 1. The molecule has 19 heavy (non-hydrogen) atoms. The molecule has 2 rings (SSSR count). The first-order chi connectivity index (χ1) is 9.31. The number of hydrogen-bond donors (Lipinski definition) is 1. The van der Waals surface area contributed by atoms with Gasteiger partial charge in [-0.05, 0) is 18.1 Å². The Morgan fingerprint density at radius 2 is 1.68 bits per heavy atom. The highest BCUT2D eigenvalue weighted by Crippen LogP contribution is 2.26. The van der Waals surface area contributed by atoms with Gasteiger partial charge in [-0.2, -0.15) is 0 Å². The Kier molecular flexibility index (Phi) is 4.93. The van der Waals surface area contributed by atoms with E-state index in [0.717, 1.165) is 16.9 Å². The number of halogens is 1. The van der Waals surface area contributed by atoms with Crippen LogP contribution >= 0.6 is 0 Å². The van der Waals surface area contributed by atoms with Crippen molar-refractivity contribution in [3.8, 4) is 5.75 Å². The van der Waals surface area contributed by atoms with Gasteiger partial charge in [0.25, 0.3) is 0 Å². The lowest BCUT2D eigenvalue weighted by molar-refractivity contribution is 0.299. The summed E-state index contributed by atoms with van der Waals surface area (Å²) in [6.45, 7) is 0.0639. The highest BCUT2D eigenvalue weighted by molar-refractivity contribution is 5.36. The van der Waals surface area contributed by atoms with Crippen molar-refractivity contribution in [3.63, 3.8) is 0 Å². The van der Waals surface area contributed by atoms with Gasteiger partial charge in [-0.25, -0.2) is 0 Å². The Labute approximate surface area is 113 Å². The molecule has 0 amide bonds. The number of ether oxygens (including phenoxy) is 1. The van der Waals surface area contributed by atoms with Gasteiger partial charge in [-0.3, -0.25) is 4.39 Å². The van der Waals surface area contributed by atoms with Crippen LogP contribution < -0.4 is 10.5 Å². The summed E-state index contributed by atoms with van der Waals surface area (Å²) < 4.78 is 18.2. The molecule has 0 bridgehead atoms. The van der Waals surface area contributed by atoms with Crippen LogP contribution in [0.2, 0.25) is 0 Å². The van der Waals surface area contributed by atoms with Crippen LogP contribution in [-0.4, -0.2) is 6.67 Å². The molecule has 0 aliphatic heterocycles. The number of benzene rings is 2. The number of para-hydroxylation sites is 1. The number of nitrogens with two attached hydrogens (primary N) is 1. The minimum absolute atomic E-state index is 0.311. The largest absolute Gasteiger partial charge is 0.489 e. The molecule has 0 unspecified atom stereocenters. The van der Waals surface area contributed by atoms with E-state index in [4.69, 9.17) is 10.5 Å². The zero-order chi connectivity index (χ0) is 13.5. The summed E-state index contributed by atoms with van der Waals surface area (Å²) in [5, 5.41) is 0. The molecule has 0 aliphatic carbocycles. The third kappa shape index (κ3) is 3.80. The summed E-state index contributed by atoms with van der Waals surface area (Å²) in [7, 11) is 0. The first-order valence-corrected chi connectivity index (χ1v) is 6.38. The van der Waals surface area contributed by atoms with Crippen molar-refractivity contribution in [2.75, 3.05) is 6.67 Å². The smallest absolute Gasteiger partial charge is 0.124 e. The highest BCUT2D eigenvalue weighted by atomic mass is 19.1. The Bertz CT molecular complexity index is 501. The van der Waals surface area contributed by atoms with Gasteiger partial charge >= 0.3 is 0 Å². The Hall–Kier alpha value is -1.87. The molecule has 0 saturated heterocycles. The van der Waals surface area contributed by atoms with E-state index in [9.17, 15) is 4.39 Å². The molecule has 0 fully saturated rings. The van der Waals surface area contributed by atoms with E-state index < -0.39 is 6.67 Å². The Morgan fingerprint density at radius 3 is 2.42 bits per heavy atom. The lowest BCUT2D eigenvalue weighted by Gasteiger charge is -2.16. The van der Waals surface area contributed by atoms with Gasteiger partial charge in [-0.15, -0.1) is 0 Å². The topological polar surface area (TPSA) is 35.2 Å². The summed E-state index contributed by atoms with van der Waals surface area (Å²) in [5.41, 5.74) is 7.91. The van der Waals surface area contributed by atoms with Crippen LogP contribution in [0.1, 0.15) is 23.6 Å². The first-order valence-electron chi connectivity index (χ1n) is 6.38. The lowest BCUT2D eigenvalue weighted by atomic mass is 10.0. The predicted molar refractivity (Wildman–Crippen MR) is 74.7 cm³/mol. The normalized spacial score (nSPS) is 12.1. The van der Waals surface area contributed by atoms with Crippen LogP contribution in [0.25, 0.3) is 0 Å². The highest BCUT2D eigenvalue weighted by Gasteiger charge is 2.11. The average Bonchev–Trinajstić information content (AvgIpc) is 2.47. The van der Waals surface area contributed by atoms with Gasteiger partial charge in [0, 0.05) is 11.6 Å². The van der Waals surface area contributed by atoms with E-state index in [1.807, 2.05) is 54.6 Å². The molecule has 2 N–H and O–H groups in total. The summed E-state index contributed by atoms with van der Waals surface area (Å²) in [5.74, 6) is 0.729. The SMILES string of the molecule is N[C@H](CCF)c1ccccc1OCc1ccccc1. The van der Waals surface area contributed by atoms with Gasteiger partial charge < -0.3 is 10.5 Å². The maximum absolute atomic E-state index is 12.4. The van der Waals surface area contributed by atoms with E-state index in [1.54, 1.807) is 0 Å². The van der Waals surface area contributed by atoms with Crippen LogP contribution in [0.3, 0.4) is 0 Å². The van der Waals surface area contributed by atoms with E-state index in [-0.39, 0.29) is 6.04 Å². The zero-order valence-electron chi connectivity index (χ0n) is 10.8. The average molecular weight is 259 g/mol. The predicted octanol–water partition coefficient (Wildman–Crippen LogP) is 3.63. The molecule has 1 atom stereocenters. The molecule has 0 radical (unpaired) electrons. The molecule has 0 aromatic heterocycles. The summed E-state index contributed by atoms with van der Waals surface area (Å²) in [6.07, 6.45) is 0.311. The molecule has 2 aromatic carbocycles. The van der Waals surface area contributed by atoms with Crippen LogP contribution in [-0.2, 0) is 6.61 Å². The van der Waals surface area contributed by atoms with Crippen molar-refractivity contribution in [1.82, 2.24) is 0 Å². The van der Waals surface area contributed by atoms with Gasteiger partial charge in [0.1, 0.15) is 12.4 Å².